The molecule has 82 valence electrons. The number of aromatic nitrogens is 2. The molecular formula is C8H11ClN4O2. The molecule has 7 heteroatoms. The van der Waals surface area contributed by atoms with Crippen LogP contribution >= 0.6 is 11.6 Å². The van der Waals surface area contributed by atoms with Crippen LogP contribution in [0.15, 0.2) is 6.20 Å². The molecule has 0 spiro atoms. The predicted octanol–water partition coefficient (Wildman–Crippen LogP) is 1.20. The highest BCUT2D eigenvalue weighted by atomic mass is 35.5. The first-order chi connectivity index (χ1) is 7.16. The minimum atomic E-state index is -0.569. The highest BCUT2D eigenvalue weighted by Gasteiger charge is 2.22. The Kier molecular flexibility index (Phi) is 2.88. The van der Waals surface area contributed by atoms with Crippen molar-refractivity contribution < 1.29 is 4.92 Å². The Labute approximate surface area is 91.4 Å². The summed E-state index contributed by atoms with van der Waals surface area (Å²) in [6, 6.07) is 0.348. The van der Waals surface area contributed by atoms with E-state index in [1.165, 1.54) is 10.9 Å². The van der Waals surface area contributed by atoms with Crippen molar-refractivity contribution in [1.82, 2.24) is 15.1 Å². The van der Waals surface area contributed by atoms with E-state index >= 15 is 0 Å². The average Bonchev–Trinajstić information content (AvgIpc) is 2.75. The van der Waals surface area contributed by atoms with Crippen molar-refractivity contribution >= 4 is 17.4 Å². The van der Waals surface area contributed by atoms with E-state index in [1.807, 2.05) is 0 Å². The number of hydrogen-bond donors (Lipinski definition) is 1. The van der Waals surface area contributed by atoms with Crippen molar-refractivity contribution in [3.05, 3.63) is 21.3 Å². The van der Waals surface area contributed by atoms with E-state index in [0.29, 0.717) is 12.6 Å². The van der Waals surface area contributed by atoms with Gasteiger partial charge in [-0.3, -0.25) is 0 Å². The predicted molar refractivity (Wildman–Crippen MR) is 54.9 cm³/mol. The van der Waals surface area contributed by atoms with Gasteiger partial charge in [0.15, 0.2) is 5.02 Å². The van der Waals surface area contributed by atoms with Crippen molar-refractivity contribution in [2.45, 2.75) is 25.4 Å². The lowest BCUT2D eigenvalue weighted by molar-refractivity contribution is -0.389. The van der Waals surface area contributed by atoms with Gasteiger partial charge in [-0.25, -0.2) is 0 Å². The van der Waals surface area contributed by atoms with Gasteiger partial charge in [0.05, 0.1) is 17.8 Å². The molecule has 1 saturated heterocycles. The SMILES string of the molecule is O=[N+]([O-])c1nn(CC2CCCN2)cc1Cl. The zero-order chi connectivity index (χ0) is 10.8. The molecule has 15 heavy (non-hydrogen) atoms. The van der Waals surface area contributed by atoms with E-state index < -0.39 is 4.92 Å². The number of nitro groups is 1. The zero-order valence-electron chi connectivity index (χ0n) is 8.02. The number of halogens is 1. The maximum Gasteiger partial charge on any atom is 0.408 e. The number of nitrogens with one attached hydrogen (secondary N) is 1. The molecular weight excluding hydrogens is 220 g/mol. The first-order valence-corrected chi connectivity index (χ1v) is 5.15. The van der Waals surface area contributed by atoms with Gasteiger partial charge in [-0.15, -0.1) is 0 Å². The Hall–Kier alpha value is -1.14. The molecule has 0 saturated carbocycles. The molecule has 1 aliphatic heterocycles. The zero-order valence-corrected chi connectivity index (χ0v) is 8.78. The normalized spacial score (nSPS) is 20.7. The lowest BCUT2D eigenvalue weighted by atomic mass is 10.2. The van der Waals surface area contributed by atoms with E-state index in [4.69, 9.17) is 11.6 Å². The van der Waals surface area contributed by atoms with Gasteiger partial charge in [0.1, 0.15) is 0 Å². The van der Waals surface area contributed by atoms with Crippen LogP contribution in [0.3, 0.4) is 0 Å². The molecule has 0 amide bonds. The fourth-order valence-electron chi connectivity index (χ4n) is 1.74. The standard InChI is InChI=1S/C8H11ClN4O2/c9-7-5-12(11-8(7)13(14)15)4-6-2-1-3-10-6/h5-6,10H,1-4H2. The summed E-state index contributed by atoms with van der Waals surface area (Å²) in [5.41, 5.74) is 0. The maximum atomic E-state index is 10.5. The summed E-state index contributed by atoms with van der Waals surface area (Å²) in [5.74, 6) is -0.269. The summed E-state index contributed by atoms with van der Waals surface area (Å²) in [7, 11) is 0. The molecule has 0 radical (unpaired) electrons. The minimum absolute atomic E-state index is 0.0954. The number of hydrogen-bond acceptors (Lipinski definition) is 4. The first kappa shape index (κ1) is 10.4. The van der Waals surface area contributed by atoms with Crippen molar-refractivity contribution in [3.63, 3.8) is 0 Å². The third kappa shape index (κ3) is 2.27. The monoisotopic (exact) mass is 230 g/mol. The van der Waals surface area contributed by atoms with Crippen LogP contribution in [0.4, 0.5) is 5.82 Å². The van der Waals surface area contributed by atoms with Gasteiger partial charge < -0.3 is 15.4 Å². The van der Waals surface area contributed by atoms with E-state index in [1.54, 1.807) is 0 Å². The largest absolute Gasteiger partial charge is 0.408 e. The molecule has 1 atom stereocenters. The van der Waals surface area contributed by atoms with E-state index in [-0.39, 0.29) is 10.8 Å². The Balaban J connectivity index is 2.08. The molecule has 1 aliphatic rings. The highest BCUT2D eigenvalue weighted by Crippen LogP contribution is 2.21. The lowest BCUT2D eigenvalue weighted by Crippen LogP contribution is -2.26. The smallest absolute Gasteiger partial charge is 0.358 e. The second-order valence-corrected chi connectivity index (χ2v) is 3.98. The molecule has 6 nitrogen and oxygen atoms in total. The Morgan fingerprint density at radius 3 is 3.13 bits per heavy atom. The van der Waals surface area contributed by atoms with Crippen LogP contribution in [0.5, 0.6) is 0 Å². The summed E-state index contributed by atoms with van der Waals surface area (Å²) in [4.78, 5) is 9.93. The highest BCUT2D eigenvalue weighted by molar-refractivity contribution is 6.32. The Morgan fingerprint density at radius 2 is 2.60 bits per heavy atom. The molecule has 2 heterocycles. The quantitative estimate of drug-likeness (QED) is 0.626. The fraction of sp³-hybridized carbons (Fsp3) is 0.625. The molecule has 1 aromatic rings. The van der Waals surface area contributed by atoms with Crippen molar-refractivity contribution in [2.24, 2.45) is 0 Å². The van der Waals surface area contributed by atoms with Gasteiger partial charge in [-0.05, 0) is 24.3 Å². The van der Waals surface area contributed by atoms with Gasteiger partial charge >= 0.3 is 5.82 Å². The van der Waals surface area contributed by atoms with Crippen LogP contribution in [0.2, 0.25) is 5.02 Å². The van der Waals surface area contributed by atoms with Crippen LogP contribution in [-0.4, -0.2) is 27.3 Å². The van der Waals surface area contributed by atoms with Crippen LogP contribution in [0.25, 0.3) is 0 Å². The van der Waals surface area contributed by atoms with E-state index in [9.17, 15) is 10.1 Å². The Bertz CT molecular complexity index is 373. The van der Waals surface area contributed by atoms with Gasteiger partial charge in [-0.2, -0.15) is 4.68 Å². The van der Waals surface area contributed by atoms with Crippen LogP contribution in [-0.2, 0) is 6.54 Å². The maximum absolute atomic E-state index is 10.5. The van der Waals surface area contributed by atoms with Crippen molar-refractivity contribution in [2.75, 3.05) is 6.54 Å². The van der Waals surface area contributed by atoms with E-state index in [2.05, 4.69) is 10.4 Å². The molecule has 1 N–H and O–H groups in total. The Morgan fingerprint density at radius 1 is 1.80 bits per heavy atom. The second-order valence-electron chi connectivity index (χ2n) is 3.57. The third-order valence-corrected chi connectivity index (χ3v) is 2.71. The molecule has 0 aromatic carbocycles. The number of nitrogens with zero attached hydrogens (tertiary/aromatic N) is 3. The van der Waals surface area contributed by atoms with Crippen molar-refractivity contribution in [3.8, 4) is 0 Å². The summed E-state index contributed by atoms with van der Waals surface area (Å²) in [6.07, 6.45) is 3.72. The second kappa shape index (κ2) is 4.16. The number of rotatable bonds is 3. The topological polar surface area (TPSA) is 73.0 Å². The van der Waals surface area contributed by atoms with Gasteiger partial charge in [0, 0.05) is 6.04 Å². The third-order valence-electron chi connectivity index (χ3n) is 2.44. The van der Waals surface area contributed by atoms with Crippen LogP contribution in [0.1, 0.15) is 12.8 Å². The molecule has 1 fully saturated rings. The summed E-state index contributed by atoms with van der Waals surface area (Å²) < 4.78 is 1.53. The molecule has 0 aliphatic carbocycles. The summed E-state index contributed by atoms with van der Waals surface area (Å²) >= 11 is 5.68. The first-order valence-electron chi connectivity index (χ1n) is 4.77. The molecule has 2 rings (SSSR count). The summed E-state index contributed by atoms with van der Waals surface area (Å²) in [5, 5.41) is 17.7. The van der Waals surface area contributed by atoms with Gasteiger partial charge in [-0.1, -0.05) is 11.6 Å². The van der Waals surface area contributed by atoms with Gasteiger partial charge in [0.2, 0.25) is 0 Å². The van der Waals surface area contributed by atoms with Crippen LogP contribution in [0, 0.1) is 10.1 Å². The minimum Gasteiger partial charge on any atom is -0.358 e. The van der Waals surface area contributed by atoms with E-state index in [0.717, 1.165) is 19.4 Å². The fourth-order valence-corrected chi connectivity index (χ4v) is 1.96. The van der Waals surface area contributed by atoms with Crippen molar-refractivity contribution in [1.29, 1.82) is 0 Å². The molecule has 0 bridgehead atoms. The molecule has 1 unspecified atom stereocenters. The summed E-state index contributed by atoms with van der Waals surface area (Å²) in [6.45, 7) is 1.63. The molecule has 1 aromatic heterocycles. The average molecular weight is 231 g/mol. The lowest BCUT2D eigenvalue weighted by Gasteiger charge is -2.06. The van der Waals surface area contributed by atoms with Crippen LogP contribution < -0.4 is 5.32 Å². The van der Waals surface area contributed by atoms with Gasteiger partial charge in [0.25, 0.3) is 0 Å².